The molecule has 2 N–H and O–H groups in total. The van der Waals surface area contributed by atoms with Crippen LogP contribution in [0.4, 0.5) is 5.00 Å². The van der Waals surface area contributed by atoms with Crippen molar-refractivity contribution >= 4 is 28.2 Å². The Balaban J connectivity index is 2.15. The molecule has 24 heavy (non-hydrogen) atoms. The van der Waals surface area contributed by atoms with E-state index in [1.807, 2.05) is 13.8 Å². The molecule has 130 valence electrons. The third kappa shape index (κ3) is 4.15. The smallest absolute Gasteiger partial charge is 0.303 e. The first-order chi connectivity index (χ1) is 11.3. The van der Waals surface area contributed by atoms with E-state index in [1.165, 1.54) is 16.2 Å². The largest absolute Gasteiger partial charge is 0.481 e. The summed E-state index contributed by atoms with van der Waals surface area (Å²) in [6, 6.07) is 2.23. The SMILES string of the molecule is CCC(C)(CC(=O)O)CC(=O)Nc1sc2c(c1C#N)CCC(C)C2. The van der Waals surface area contributed by atoms with Crippen molar-refractivity contribution < 1.29 is 14.7 Å². The lowest BCUT2D eigenvalue weighted by Crippen LogP contribution is -2.27. The van der Waals surface area contributed by atoms with Gasteiger partial charge < -0.3 is 10.4 Å². The topological polar surface area (TPSA) is 90.2 Å². The van der Waals surface area contributed by atoms with Gasteiger partial charge in [0, 0.05) is 11.3 Å². The quantitative estimate of drug-likeness (QED) is 0.814. The number of carboxylic acid groups (broad SMARTS) is 1. The molecular weight excluding hydrogens is 324 g/mol. The molecule has 0 aliphatic heterocycles. The van der Waals surface area contributed by atoms with Gasteiger partial charge >= 0.3 is 5.97 Å². The first kappa shape index (κ1) is 18.5. The van der Waals surface area contributed by atoms with Gasteiger partial charge in [-0.25, -0.2) is 0 Å². The highest BCUT2D eigenvalue weighted by Gasteiger charge is 2.30. The normalized spacial score (nSPS) is 19.0. The number of rotatable bonds is 6. The second kappa shape index (κ2) is 7.35. The van der Waals surface area contributed by atoms with E-state index < -0.39 is 11.4 Å². The van der Waals surface area contributed by atoms with Crippen LogP contribution in [0.1, 0.15) is 62.5 Å². The summed E-state index contributed by atoms with van der Waals surface area (Å²) >= 11 is 1.50. The molecule has 1 aromatic heterocycles. The summed E-state index contributed by atoms with van der Waals surface area (Å²) in [6.07, 6.45) is 3.61. The van der Waals surface area contributed by atoms with Crippen molar-refractivity contribution in [3.05, 3.63) is 16.0 Å². The van der Waals surface area contributed by atoms with E-state index in [1.54, 1.807) is 0 Å². The molecule has 1 heterocycles. The van der Waals surface area contributed by atoms with Gasteiger partial charge in [-0.2, -0.15) is 5.26 Å². The lowest BCUT2D eigenvalue weighted by molar-refractivity contribution is -0.140. The van der Waals surface area contributed by atoms with Gasteiger partial charge in [-0.1, -0.05) is 20.8 Å². The van der Waals surface area contributed by atoms with Crippen molar-refractivity contribution in [2.24, 2.45) is 11.3 Å². The van der Waals surface area contributed by atoms with Crippen molar-refractivity contribution in [3.63, 3.8) is 0 Å². The van der Waals surface area contributed by atoms with Crippen LogP contribution in [0.25, 0.3) is 0 Å². The molecule has 0 spiro atoms. The zero-order valence-electron chi connectivity index (χ0n) is 14.4. The predicted molar refractivity (Wildman–Crippen MR) is 94.1 cm³/mol. The number of hydrogen-bond acceptors (Lipinski definition) is 4. The van der Waals surface area contributed by atoms with Crippen molar-refractivity contribution in [2.75, 3.05) is 5.32 Å². The fourth-order valence-corrected chi connectivity index (χ4v) is 4.57. The van der Waals surface area contributed by atoms with E-state index in [4.69, 9.17) is 5.11 Å². The Kier molecular flexibility index (Phi) is 5.66. The number of hydrogen-bond donors (Lipinski definition) is 2. The van der Waals surface area contributed by atoms with Crippen LogP contribution in [0.3, 0.4) is 0 Å². The number of carbonyl (C=O) groups is 2. The number of nitrogens with zero attached hydrogens (tertiary/aromatic N) is 1. The van der Waals surface area contributed by atoms with Gasteiger partial charge in [-0.15, -0.1) is 11.3 Å². The summed E-state index contributed by atoms with van der Waals surface area (Å²) in [6.45, 7) is 5.90. The molecule has 6 heteroatoms. The molecule has 0 saturated carbocycles. The van der Waals surface area contributed by atoms with Gasteiger partial charge in [0.1, 0.15) is 11.1 Å². The molecule has 0 saturated heterocycles. The van der Waals surface area contributed by atoms with Crippen LogP contribution >= 0.6 is 11.3 Å². The molecule has 2 unspecified atom stereocenters. The Morgan fingerprint density at radius 1 is 1.46 bits per heavy atom. The standard InChI is InChI=1S/C18H24N2O3S/c1-4-18(3,9-16(22)23)8-15(21)20-17-13(10-19)12-6-5-11(2)7-14(12)24-17/h11H,4-9H2,1-3H3,(H,20,21)(H,22,23). The zero-order valence-corrected chi connectivity index (χ0v) is 15.3. The maximum absolute atomic E-state index is 12.4. The highest BCUT2D eigenvalue weighted by Crippen LogP contribution is 2.39. The number of anilines is 1. The van der Waals surface area contributed by atoms with Crippen LogP contribution in [0.2, 0.25) is 0 Å². The number of thiophene rings is 1. The summed E-state index contributed by atoms with van der Waals surface area (Å²) in [7, 11) is 0. The highest BCUT2D eigenvalue weighted by molar-refractivity contribution is 7.16. The number of amides is 1. The molecule has 2 rings (SSSR count). The molecular formula is C18H24N2O3S. The van der Waals surface area contributed by atoms with Crippen molar-refractivity contribution in [1.29, 1.82) is 5.26 Å². The molecule has 0 fully saturated rings. The Morgan fingerprint density at radius 2 is 2.17 bits per heavy atom. The summed E-state index contributed by atoms with van der Waals surface area (Å²) in [5.74, 6) is -0.514. The van der Waals surface area contributed by atoms with Gasteiger partial charge in [-0.3, -0.25) is 9.59 Å². The van der Waals surface area contributed by atoms with E-state index in [9.17, 15) is 14.9 Å². The van der Waals surface area contributed by atoms with Crippen molar-refractivity contribution in [1.82, 2.24) is 0 Å². The van der Waals surface area contributed by atoms with Gasteiger partial charge in [-0.05, 0) is 42.6 Å². The summed E-state index contributed by atoms with van der Waals surface area (Å²) in [5, 5.41) is 22.0. The number of carbonyl (C=O) groups excluding carboxylic acids is 1. The van der Waals surface area contributed by atoms with Crippen LogP contribution < -0.4 is 5.32 Å². The molecule has 2 atom stereocenters. The van der Waals surface area contributed by atoms with Gasteiger partial charge in [0.15, 0.2) is 0 Å². The van der Waals surface area contributed by atoms with Crippen LogP contribution in [0, 0.1) is 22.7 Å². The van der Waals surface area contributed by atoms with E-state index >= 15 is 0 Å². The van der Waals surface area contributed by atoms with Crippen LogP contribution in [-0.2, 0) is 22.4 Å². The fourth-order valence-electron chi connectivity index (χ4n) is 3.19. The summed E-state index contributed by atoms with van der Waals surface area (Å²) in [4.78, 5) is 24.6. The third-order valence-electron chi connectivity index (χ3n) is 4.90. The second-order valence-corrected chi connectivity index (χ2v) is 8.23. The van der Waals surface area contributed by atoms with E-state index in [0.29, 0.717) is 22.9 Å². The summed E-state index contributed by atoms with van der Waals surface area (Å²) < 4.78 is 0. The third-order valence-corrected chi connectivity index (χ3v) is 6.07. The Morgan fingerprint density at radius 3 is 2.75 bits per heavy atom. The first-order valence-electron chi connectivity index (χ1n) is 8.34. The van der Waals surface area contributed by atoms with Gasteiger partial charge in [0.25, 0.3) is 0 Å². The molecule has 1 amide bonds. The van der Waals surface area contributed by atoms with Crippen LogP contribution in [-0.4, -0.2) is 17.0 Å². The molecule has 5 nitrogen and oxygen atoms in total. The van der Waals surface area contributed by atoms with E-state index in [-0.39, 0.29) is 18.7 Å². The second-order valence-electron chi connectivity index (χ2n) is 7.13. The number of nitriles is 1. The average molecular weight is 348 g/mol. The maximum atomic E-state index is 12.4. The molecule has 1 aliphatic rings. The summed E-state index contributed by atoms with van der Waals surface area (Å²) in [5.41, 5.74) is 1.10. The lowest BCUT2D eigenvalue weighted by Gasteiger charge is -2.25. The number of carboxylic acids is 1. The molecule has 0 bridgehead atoms. The highest BCUT2D eigenvalue weighted by atomic mass is 32.1. The minimum absolute atomic E-state index is 0.0412. The molecule has 0 aromatic carbocycles. The molecule has 1 aliphatic carbocycles. The Hall–Kier alpha value is -1.87. The predicted octanol–water partition coefficient (Wildman–Crippen LogP) is 3.96. The first-order valence-corrected chi connectivity index (χ1v) is 9.16. The van der Waals surface area contributed by atoms with Crippen molar-refractivity contribution in [3.8, 4) is 6.07 Å². The lowest BCUT2D eigenvalue weighted by atomic mass is 9.80. The number of aliphatic carboxylic acids is 1. The monoisotopic (exact) mass is 348 g/mol. The van der Waals surface area contributed by atoms with E-state index in [2.05, 4.69) is 18.3 Å². The minimum Gasteiger partial charge on any atom is -0.481 e. The van der Waals surface area contributed by atoms with Crippen LogP contribution in [0.5, 0.6) is 0 Å². The van der Waals surface area contributed by atoms with Crippen LogP contribution in [0.15, 0.2) is 0 Å². The molecule has 0 radical (unpaired) electrons. The zero-order chi connectivity index (χ0) is 17.9. The minimum atomic E-state index is -0.898. The van der Waals surface area contributed by atoms with Gasteiger partial charge in [0.2, 0.25) is 5.91 Å². The fraction of sp³-hybridized carbons (Fsp3) is 0.611. The average Bonchev–Trinajstić information content (AvgIpc) is 2.81. The van der Waals surface area contributed by atoms with E-state index in [0.717, 1.165) is 24.8 Å². The van der Waals surface area contributed by atoms with Gasteiger partial charge in [0.05, 0.1) is 12.0 Å². The maximum Gasteiger partial charge on any atom is 0.303 e. The molecule has 1 aromatic rings. The van der Waals surface area contributed by atoms with Crippen molar-refractivity contribution in [2.45, 2.75) is 59.3 Å². The number of fused-ring (bicyclic) bond motifs is 1. The number of nitrogens with one attached hydrogen (secondary N) is 1. The Labute approximate surface area is 146 Å². The Bertz CT molecular complexity index is 689.